The van der Waals surface area contributed by atoms with E-state index in [1.807, 2.05) is 13.0 Å². The first-order valence-electron chi connectivity index (χ1n) is 10.7. The number of carbonyl (C=O) groups is 1. The van der Waals surface area contributed by atoms with E-state index in [4.69, 9.17) is 9.26 Å². The fourth-order valence-electron chi connectivity index (χ4n) is 4.20. The molecule has 2 aromatic rings. The Kier molecular flexibility index (Phi) is 6.29. The van der Waals surface area contributed by atoms with Crippen molar-refractivity contribution in [2.24, 2.45) is 0 Å². The van der Waals surface area contributed by atoms with Crippen LogP contribution in [-0.4, -0.2) is 69.8 Å². The molecule has 2 fully saturated rings. The van der Waals surface area contributed by atoms with Crippen molar-refractivity contribution in [1.82, 2.24) is 24.5 Å². The number of rotatable bonds is 5. The van der Waals surface area contributed by atoms with Gasteiger partial charge in [-0.3, -0.25) is 14.5 Å². The van der Waals surface area contributed by atoms with Crippen LogP contribution in [0.25, 0.3) is 0 Å². The Morgan fingerprint density at radius 2 is 1.97 bits per heavy atom. The second-order valence-corrected chi connectivity index (χ2v) is 8.02. The van der Waals surface area contributed by atoms with Gasteiger partial charge in [-0.05, 0) is 44.7 Å². The normalized spacial score (nSPS) is 20.5. The third-order valence-electron chi connectivity index (χ3n) is 5.94. The van der Waals surface area contributed by atoms with Crippen LogP contribution in [0.4, 0.5) is 0 Å². The summed E-state index contributed by atoms with van der Waals surface area (Å²) < 4.78 is 12.4. The van der Waals surface area contributed by atoms with Crippen LogP contribution in [0.1, 0.15) is 52.9 Å². The molecule has 9 nitrogen and oxygen atoms in total. The molecule has 0 radical (unpaired) electrons. The lowest BCUT2D eigenvalue weighted by Crippen LogP contribution is -2.43. The molecule has 2 aliphatic rings. The molecule has 30 heavy (non-hydrogen) atoms. The molecule has 4 rings (SSSR count). The second-order valence-electron chi connectivity index (χ2n) is 8.02. The van der Waals surface area contributed by atoms with Gasteiger partial charge in [0.15, 0.2) is 5.82 Å². The number of likely N-dealkylation sites (tertiary alicyclic amines) is 1. The Bertz CT molecular complexity index is 947. The second kappa shape index (κ2) is 9.09. The zero-order valence-electron chi connectivity index (χ0n) is 17.7. The van der Waals surface area contributed by atoms with Crippen LogP contribution in [-0.2, 0) is 11.3 Å². The summed E-state index contributed by atoms with van der Waals surface area (Å²) in [5.74, 6) is 0.741. The van der Waals surface area contributed by atoms with Gasteiger partial charge < -0.3 is 18.7 Å². The van der Waals surface area contributed by atoms with Gasteiger partial charge in [-0.1, -0.05) is 5.16 Å². The number of amides is 1. The van der Waals surface area contributed by atoms with Crippen LogP contribution < -0.4 is 5.56 Å². The van der Waals surface area contributed by atoms with Gasteiger partial charge in [0.1, 0.15) is 11.6 Å². The van der Waals surface area contributed by atoms with Gasteiger partial charge in [-0.15, -0.1) is 0 Å². The van der Waals surface area contributed by atoms with Crippen LogP contribution in [0.15, 0.2) is 21.6 Å². The van der Waals surface area contributed by atoms with Crippen molar-refractivity contribution in [3.63, 3.8) is 0 Å². The third-order valence-corrected chi connectivity index (χ3v) is 5.94. The minimum absolute atomic E-state index is 0.237. The van der Waals surface area contributed by atoms with Gasteiger partial charge in [-0.25, -0.2) is 0 Å². The molecule has 1 atom stereocenters. The monoisotopic (exact) mass is 415 g/mol. The zero-order valence-corrected chi connectivity index (χ0v) is 17.7. The lowest BCUT2D eigenvalue weighted by atomic mass is 10.00. The molecular formula is C21H29N5O4. The van der Waals surface area contributed by atoms with E-state index in [2.05, 4.69) is 15.0 Å². The lowest BCUT2D eigenvalue weighted by molar-refractivity contribution is 0.0362. The number of ether oxygens (including phenoxy) is 1. The molecule has 0 N–H and O–H groups in total. The van der Waals surface area contributed by atoms with Crippen molar-refractivity contribution in [1.29, 1.82) is 0 Å². The van der Waals surface area contributed by atoms with Gasteiger partial charge in [0.2, 0.25) is 5.89 Å². The Hall–Kier alpha value is -2.52. The largest absolute Gasteiger partial charge is 0.379 e. The van der Waals surface area contributed by atoms with E-state index in [0.717, 1.165) is 52.1 Å². The number of hydrogen-bond acceptors (Lipinski definition) is 7. The van der Waals surface area contributed by atoms with E-state index < -0.39 is 0 Å². The number of piperidine rings is 1. The molecule has 0 saturated carbocycles. The topological polar surface area (TPSA) is 93.7 Å². The molecule has 0 aromatic carbocycles. The minimum atomic E-state index is -0.284. The Labute approximate surface area is 175 Å². The summed E-state index contributed by atoms with van der Waals surface area (Å²) in [6, 6.07) is 1.57. The van der Waals surface area contributed by atoms with Crippen molar-refractivity contribution in [3.8, 4) is 0 Å². The number of aromatic nitrogens is 3. The molecule has 1 unspecified atom stereocenters. The first-order chi connectivity index (χ1) is 14.5. The molecular weight excluding hydrogens is 386 g/mol. The van der Waals surface area contributed by atoms with E-state index >= 15 is 0 Å². The quantitative estimate of drug-likeness (QED) is 0.731. The van der Waals surface area contributed by atoms with Crippen LogP contribution in [0.5, 0.6) is 0 Å². The number of pyridine rings is 1. The average Bonchev–Trinajstić information content (AvgIpc) is 3.20. The predicted octanol–water partition coefficient (Wildman–Crippen LogP) is 1.55. The molecule has 162 valence electrons. The number of aryl methyl sites for hydroxylation is 2. The number of carbonyl (C=O) groups excluding carboxylic acids is 1. The maximum Gasteiger partial charge on any atom is 0.263 e. The maximum absolute atomic E-state index is 13.5. The highest BCUT2D eigenvalue weighted by Crippen LogP contribution is 2.31. The van der Waals surface area contributed by atoms with Crippen LogP contribution >= 0.6 is 0 Å². The van der Waals surface area contributed by atoms with Crippen LogP contribution in [0.3, 0.4) is 0 Å². The van der Waals surface area contributed by atoms with Crippen molar-refractivity contribution in [3.05, 3.63) is 45.5 Å². The van der Waals surface area contributed by atoms with E-state index in [-0.39, 0.29) is 23.1 Å². The van der Waals surface area contributed by atoms with Gasteiger partial charge in [-0.2, -0.15) is 4.98 Å². The van der Waals surface area contributed by atoms with Crippen molar-refractivity contribution < 1.29 is 14.1 Å². The van der Waals surface area contributed by atoms with Gasteiger partial charge >= 0.3 is 0 Å². The highest BCUT2D eigenvalue weighted by molar-refractivity contribution is 5.95. The predicted molar refractivity (Wildman–Crippen MR) is 109 cm³/mol. The molecule has 2 aromatic heterocycles. The fraction of sp³-hybridized carbons (Fsp3) is 0.619. The van der Waals surface area contributed by atoms with E-state index in [1.54, 1.807) is 22.6 Å². The number of hydrogen-bond donors (Lipinski definition) is 0. The summed E-state index contributed by atoms with van der Waals surface area (Å²) in [4.78, 5) is 35.0. The van der Waals surface area contributed by atoms with Crippen LogP contribution in [0, 0.1) is 13.8 Å². The molecule has 0 aliphatic carbocycles. The summed E-state index contributed by atoms with van der Waals surface area (Å²) in [6.45, 7) is 8.63. The van der Waals surface area contributed by atoms with Crippen molar-refractivity contribution in [2.75, 3.05) is 39.4 Å². The van der Waals surface area contributed by atoms with Crippen molar-refractivity contribution in [2.45, 2.75) is 45.7 Å². The maximum atomic E-state index is 13.5. The first kappa shape index (κ1) is 20.7. The van der Waals surface area contributed by atoms with E-state index in [0.29, 0.717) is 30.4 Å². The van der Waals surface area contributed by atoms with Gasteiger partial charge in [0.05, 0.1) is 13.2 Å². The number of nitrogens with zero attached hydrogens (tertiary/aromatic N) is 5. The fourth-order valence-corrected chi connectivity index (χ4v) is 4.20. The summed E-state index contributed by atoms with van der Waals surface area (Å²) in [5, 5.41) is 3.87. The summed E-state index contributed by atoms with van der Waals surface area (Å²) in [5.41, 5.74) is 0.695. The smallest absolute Gasteiger partial charge is 0.263 e. The molecule has 0 bridgehead atoms. The number of morpholine rings is 1. The zero-order chi connectivity index (χ0) is 21.1. The Balaban J connectivity index is 1.57. The SMILES string of the molecule is Cc1noc(C2CCCCN2C(=O)c2c(C)ccn(CCN3CCOCC3)c2=O)n1. The third kappa shape index (κ3) is 4.32. The minimum Gasteiger partial charge on any atom is -0.379 e. The Morgan fingerprint density at radius 1 is 1.17 bits per heavy atom. The van der Waals surface area contributed by atoms with E-state index in [1.165, 1.54) is 0 Å². The highest BCUT2D eigenvalue weighted by atomic mass is 16.5. The molecule has 2 aliphatic heterocycles. The summed E-state index contributed by atoms with van der Waals surface area (Å²) in [7, 11) is 0. The molecule has 4 heterocycles. The van der Waals surface area contributed by atoms with Crippen LogP contribution in [0.2, 0.25) is 0 Å². The summed E-state index contributed by atoms with van der Waals surface area (Å²) >= 11 is 0. The van der Waals surface area contributed by atoms with Gasteiger partial charge in [0, 0.05) is 38.9 Å². The highest BCUT2D eigenvalue weighted by Gasteiger charge is 2.34. The van der Waals surface area contributed by atoms with E-state index in [9.17, 15) is 9.59 Å². The Morgan fingerprint density at radius 3 is 2.70 bits per heavy atom. The average molecular weight is 415 g/mol. The van der Waals surface area contributed by atoms with Gasteiger partial charge in [0.25, 0.3) is 11.5 Å². The lowest BCUT2D eigenvalue weighted by Gasteiger charge is -2.33. The molecule has 0 spiro atoms. The standard InChI is InChI=1S/C21H29N5O4/c1-15-6-8-25(10-9-24-11-13-29-14-12-24)20(27)18(15)21(28)26-7-4-3-5-17(26)19-22-16(2)23-30-19/h6,8,17H,3-5,7,9-14H2,1-2H3. The molecule has 1 amide bonds. The summed E-state index contributed by atoms with van der Waals surface area (Å²) in [6.07, 6.45) is 4.41. The van der Waals surface area contributed by atoms with Crippen molar-refractivity contribution >= 4 is 5.91 Å². The molecule has 9 heteroatoms. The first-order valence-corrected chi connectivity index (χ1v) is 10.7. The molecule has 2 saturated heterocycles.